The van der Waals surface area contributed by atoms with Gasteiger partial charge in [-0.1, -0.05) is 40.2 Å². The molecule has 0 atom stereocenters. The number of hydrogen-bond donors (Lipinski definition) is 1. The third-order valence-corrected chi connectivity index (χ3v) is 5.63. The topological polar surface area (TPSA) is 32.3 Å². The van der Waals surface area contributed by atoms with Crippen LogP contribution in [0.4, 0.5) is 0 Å². The molecule has 126 valence electrons. The van der Waals surface area contributed by atoms with E-state index in [2.05, 4.69) is 62.5 Å². The molecule has 0 bridgehead atoms. The number of benzene rings is 2. The first kappa shape index (κ1) is 17.5. The molecule has 0 fully saturated rings. The predicted octanol–water partition coefficient (Wildman–Crippen LogP) is 3.72. The van der Waals surface area contributed by atoms with Crippen LogP contribution in [0, 0.1) is 0 Å². The van der Waals surface area contributed by atoms with Gasteiger partial charge >= 0.3 is 0 Å². The molecule has 0 aliphatic carbocycles. The molecule has 2 aromatic rings. The van der Waals surface area contributed by atoms with Crippen molar-refractivity contribution < 1.29 is 4.79 Å². The van der Waals surface area contributed by atoms with Gasteiger partial charge in [-0.25, -0.2) is 0 Å². The van der Waals surface area contributed by atoms with Gasteiger partial charge in [0.05, 0.1) is 6.54 Å². The highest BCUT2D eigenvalue weighted by atomic mass is 79.9. The van der Waals surface area contributed by atoms with Crippen LogP contribution in [0.15, 0.2) is 57.9 Å². The summed E-state index contributed by atoms with van der Waals surface area (Å²) in [6, 6.07) is 16.8. The molecular formula is C19H21BrN2OS. The molecule has 0 saturated heterocycles. The number of carbonyl (C=O) groups is 1. The van der Waals surface area contributed by atoms with E-state index in [4.69, 9.17) is 0 Å². The minimum absolute atomic E-state index is 0.116. The lowest BCUT2D eigenvalue weighted by Crippen LogP contribution is -2.40. The van der Waals surface area contributed by atoms with Crippen LogP contribution in [0.3, 0.4) is 0 Å². The third-order valence-electron chi connectivity index (χ3n) is 4.08. The van der Waals surface area contributed by atoms with E-state index in [1.165, 1.54) is 16.0 Å². The van der Waals surface area contributed by atoms with Crippen molar-refractivity contribution in [2.75, 3.05) is 25.4 Å². The number of carbonyl (C=O) groups excluding carboxylic acids is 1. The standard InChI is InChI=1S/C19H21BrN2OS/c20-17-5-7-18(8-6-17)24-12-10-21-19(23)14-22-11-9-15-3-1-2-4-16(15)13-22/h1-8H,9-14H2,(H,21,23). The van der Waals surface area contributed by atoms with Crippen LogP contribution in [0.25, 0.3) is 0 Å². The number of nitrogens with zero attached hydrogens (tertiary/aromatic N) is 1. The number of halogens is 1. The van der Waals surface area contributed by atoms with Crippen LogP contribution >= 0.6 is 27.7 Å². The maximum Gasteiger partial charge on any atom is 0.234 e. The van der Waals surface area contributed by atoms with Crippen molar-refractivity contribution in [3.63, 3.8) is 0 Å². The summed E-state index contributed by atoms with van der Waals surface area (Å²) in [5.74, 6) is 1.00. The Bertz CT molecular complexity index is 690. The number of rotatable bonds is 6. The molecule has 0 aromatic heterocycles. The molecule has 1 N–H and O–H groups in total. The Labute approximate surface area is 155 Å². The Morgan fingerprint density at radius 3 is 2.67 bits per heavy atom. The lowest BCUT2D eigenvalue weighted by molar-refractivity contribution is -0.122. The second-order valence-corrected chi connectivity index (χ2v) is 7.97. The van der Waals surface area contributed by atoms with Crippen molar-refractivity contribution in [1.29, 1.82) is 0 Å². The fourth-order valence-corrected chi connectivity index (χ4v) is 3.87. The highest BCUT2D eigenvalue weighted by molar-refractivity contribution is 9.10. The molecule has 2 aromatic carbocycles. The van der Waals surface area contributed by atoms with Crippen molar-refractivity contribution >= 4 is 33.6 Å². The van der Waals surface area contributed by atoms with Gasteiger partial charge in [0.2, 0.25) is 5.91 Å². The summed E-state index contributed by atoms with van der Waals surface area (Å²) in [6.45, 7) is 3.01. The summed E-state index contributed by atoms with van der Waals surface area (Å²) in [5.41, 5.74) is 2.77. The first-order valence-electron chi connectivity index (χ1n) is 8.15. The second kappa shape index (κ2) is 8.70. The molecule has 0 saturated carbocycles. The van der Waals surface area contributed by atoms with E-state index in [0.717, 1.165) is 29.7 Å². The van der Waals surface area contributed by atoms with E-state index in [0.29, 0.717) is 13.1 Å². The first-order chi connectivity index (χ1) is 11.7. The Balaban J connectivity index is 1.36. The minimum atomic E-state index is 0.116. The highest BCUT2D eigenvalue weighted by Gasteiger charge is 2.17. The van der Waals surface area contributed by atoms with Gasteiger partial charge in [-0.15, -0.1) is 11.8 Å². The number of fused-ring (bicyclic) bond motifs is 1. The van der Waals surface area contributed by atoms with E-state index in [1.54, 1.807) is 11.8 Å². The number of hydrogen-bond acceptors (Lipinski definition) is 3. The largest absolute Gasteiger partial charge is 0.354 e. The van der Waals surface area contributed by atoms with Crippen LogP contribution < -0.4 is 5.32 Å². The summed E-state index contributed by atoms with van der Waals surface area (Å²) in [4.78, 5) is 15.6. The van der Waals surface area contributed by atoms with E-state index in [9.17, 15) is 4.79 Å². The van der Waals surface area contributed by atoms with Gasteiger partial charge < -0.3 is 5.32 Å². The summed E-state index contributed by atoms with van der Waals surface area (Å²) in [7, 11) is 0. The molecule has 3 nitrogen and oxygen atoms in total. The van der Waals surface area contributed by atoms with Gasteiger partial charge in [-0.05, 0) is 41.8 Å². The molecule has 1 amide bonds. The Morgan fingerprint density at radius 2 is 1.88 bits per heavy atom. The molecular weight excluding hydrogens is 384 g/mol. The van der Waals surface area contributed by atoms with Gasteiger partial charge in [0, 0.05) is 34.8 Å². The molecule has 1 aliphatic heterocycles. The zero-order valence-electron chi connectivity index (χ0n) is 13.5. The molecule has 3 rings (SSSR count). The number of nitrogens with one attached hydrogen (secondary N) is 1. The maximum atomic E-state index is 12.1. The quantitative estimate of drug-likeness (QED) is 0.588. The van der Waals surface area contributed by atoms with E-state index in [1.807, 2.05) is 12.1 Å². The molecule has 24 heavy (non-hydrogen) atoms. The van der Waals surface area contributed by atoms with Crippen molar-refractivity contribution in [3.05, 3.63) is 64.1 Å². The van der Waals surface area contributed by atoms with E-state index < -0.39 is 0 Å². The summed E-state index contributed by atoms with van der Waals surface area (Å²) >= 11 is 5.19. The van der Waals surface area contributed by atoms with Crippen molar-refractivity contribution in [2.45, 2.75) is 17.9 Å². The summed E-state index contributed by atoms with van der Waals surface area (Å²) in [6.07, 6.45) is 1.03. The van der Waals surface area contributed by atoms with Crippen LogP contribution in [0.2, 0.25) is 0 Å². The van der Waals surface area contributed by atoms with Crippen molar-refractivity contribution in [3.8, 4) is 0 Å². The predicted molar refractivity (Wildman–Crippen MR) is 103 cm³/mol. The van der Waals surface area contributed by atoms with Gasteiger partial charge in [-0.3, -0.25) is 9.69 Å². The average molecular weight is 405 g/mol. The fraction of sp³-hybridized carbons (Fsp3) is 0.316. The SMILES string of the molecule is O=C(CN1CCc2ccccc2C1)NCCSc1ccc(Br)cc1. The summed E-state index contributed by atoms with van der Waals surface area (Å²) in [5, 5.41) is 3.02. The van der Waals surface area contributed by atoms with Gasteiger partial charge in [0.15, 0.2) is 0 Å². The smallest absolute Gasteiger partial charge is 0.234 e. The first-order valence-corrected chi connectivity index (χ1v) is 9.93. The Kier molecular flexibility index (Phi) is 6.35. The molecule has 1 aliphatic rings. The third kappa shape index (κ3) is 5.10. The lowest BCUT2D eigenvalue weighted by atomic mass is 10.00. The lowest BCUT2D eigenvalue weighted by Gasteiger charge is -2.28. The van der Waals surface area contributed by atoms with Gasteiger partial charge in [0.25, 0.3) is 0 Å². The highest BCUT2D eigenvalue weighted by Crippen LogP contribution is 2.20. The fourth-order valence-electron chi connectivity index (χ4n) is 2.84. The molecule has 0 radical (unpaired) electrons. The minimum Gasteiger partial charge on any atom is -0.354 e. The Hall–Kier alpha value is -1.30. The molecule has 1 heterocycles. The van der Waals surface area contributed by atoms with Gasteiger partial charge in [-0.2, -0.15) is 0 Å². The van der Waals surface area contributed by atoms with Crippen molar-refractivity contribution in [1.82, 2.24) is 10.2 Å². The summed E-state index contributed by atoms with van der Waals surface area (Å²) < 4.78 is 1.09. The molecule has 0 spiro atoms. The second-order valence-electron chi connectivity index (χ2n) is 5.88. The zero-order chi connectivity index (χ0) is 16.8. The monoisotopic (exact) mass is 404 g/mol. The van der Waals surface area contributed by atoms with Crippen LogP contribution in [-0.2, 0) is 17.8 Å². The Morgan fingerprint density at radius 1 is 1.12 bits per heavy atom. The van der Waals surface area contributed by atoms with Gasteiger partial charge in [0.1, 0.15) is 0 Å². The van der Waals surface area contributed by atoms with Crippen LogP contribution in [0.5, 0.6) is 0 Å². The normalized spacial score (nSPS) is 14.2. The maximum absolute atomic E-state index is 12.1. The van der Waals surface area contributed by atoms with Crippen molar-refractivity contribution in [2.24, 2.45) is 0 Å². The van der Waals surface area contributed by atoms with Crippen LogP contribution in [-0.4, -0.2) is 36.2 Å². The zero-order valence-corrected chi connectivity index (χ0v) is 15.9. The average Bonchev–Trinajstić information content (AvgIpc) is 2.60. The van der Waals surface area contributed by atoms with E-state index in [-0.39, 0.29) is 5.91 Å². The number of thioether (sulfide) groups is 1. The van der Waals surface area contributed by atoms with Crippen LogP contribution in [0.1, 0.15) is 11.1 Å². The molecule has 0 unspecified atom stereocenters. The molecule has 5 heteroatoms. The number of amides is 1. The van der Waals surface area contributed by atoms with E-state index >= 15 is 0 Å².